The molecule has 0 amide bonds. The summed E-state index contributed by atoms with van der Waals surface area (Å²) in [5.41, 5.74) is 2.68. The van der Waals surface area contributed by atoms with E-state index in [1.54, 1.807) is 6.26 Å². The third kappa shape index (κ3) is 2.99. The van der Waals surface area contributed by atoms with Gasteiger partial charge in [-0.1, -0.05) is 29.4 Å². The maximum Gasteiger partial charge on any atom is 0.178 e. The van der Waals surface area contributed by atoms with Gasteiger partial charge >= 0.3 is 0 Å². The maximum absolute atomic E-state index is 5.53. The second kappa shape index (κ2) is 6.41. The Balaban J connectivity index is 1.82. The third-order valence-corrected chi connectivity index (χ3v) is 3.56. The van der Waals surface area contributed by atoms with Crippen LogP contribution in [0.1, 0.15) is 0 Å². The van der Waals surface area contributed by atoms with Crippen LogP contribution in [0.2, 0.25) is 0 Å². The van der Waals surface area contributed by atoms with E-state index in [1.807, 2.05) is 59.5 Å². The summed E-state index contributed by atoms with van der Waals surface area (Å²) in [6.07, 6.45) is 3.44. The molecule has 0 fully saturated rings. The molecule has 0 atom stereocenters. The number of anilines is 2. The van der Waals surface area contributed by atoms with E-state index in [-0.39, 0.29) is 0 Å². The summed E-state index contributed by atoms with van der Waals surface area (Å²) in [5, 5.41) is 8.74. The topological polar surface area (TPSA) is 41.3 Å². The average Bonchev–Trinajstić information content (AvgIpc) is 3.01. The molecule has 0 unspecified atom stereocenters. The van der Waals surface area contributed by atoms with Gasteiger partial charge in [0.1, 0.15) is 11.8 Å². The van der Waals surface area contributed by atoms with Gasteiger partial charge in [0.2, 0.25) is 0 Å². The van der Waals surface area contributed by atoms with Crippen molar-refractivity contribution in [2.45, 2.75) is 0 Å². The van der Waals surface area contributed by atoms with Crippen LogP contribution in [0.25, 0.3) is 10.9 Å². The summed E-state index contributed by atoms with van der Waals surface area (Å²) in [6, 6.07) is 15.8. The lowest BCUT2D eigenvalue weighted by Crippen LogP contribution is -2.34. The number of aromatic nitrogens is 1. The third-order valence-electron chi connectivity index (χ3n) is 3.24. The number of nitrogens with zero attached hydrogens (tertiary/aromatic N) is 2. The van der Waals surface area contributed by atoms with Gasteiger partial charge in [0, 0.05) is 23.3 Å². The number of rotatable bonds is 4. The number of para-hydroxylation sites is 1. The minimum Gasteiger partial charge on any atom is -0.364 e. The van der Waals surface area contributed by atoms with Gasteiger partial charge in [0.25, 0.3) is 0 Å². The largest absolute Gasteiger partial charge is 0.364 e. The summed E-state index contributed by atoms with van der Waals surface area (Å²) >= 11 is 5.53. The van der Waals surface area contributed by atoms with Gasteiger partial charge in [-0.2, -0.15) is 0 Å². The molecule has 3 rings (SSSR count). The quantitative estimate of drug-likeness (QED) is 0.577. The van der Waals surface area contributed by atoms with Crippen LogP contribution in [0.3, 0.4) is 0 Å². The number of thiocarbonyl (C=S) groups is 1. The zero-order valence-corrected chi connectivity index (χ0v) is 12.7. The van der Waals surface area contributed by atoms with E-state index in [4.69, 9.17) is 16.7 Å². The Morgan fingerprint density at radius 2 is 2.09 bits per heavy atom. The Morgan fingerprint density at radius 1 is 1.27 bits per heavy atom. The zero-order chi connectivity index (χ0) is 15.4. The molecule has 0 bridgehead atoms. The summed E-state index contributed by atoms with van der Waals surface area (Å²) in [6.45, 7) is 4.42. The van der Waals surface area contributed by atoms with E-state index in [2.05, 4.69) is 17.1 Å². The monoisotopic (exact) mass is 309 g/mol. The van der Waals surface area contributed by atoms with Crippen LogP contribution in [0.5, 0.6) is 0 Å². The lowest BCUT2D eigenvalue weighted by molar-refractivity contribution is 0.428. The standard InChI is InChI=1S/C17H15N3OS/c1-2-10-20(15-6-4-3-5-7-15)17(22)18-14-9-8-13-12-21-19-16(13)11-14/h2-9,11-12H,1,10H2,(H,18,22). The number of fused-ring (bicyclic) bond motifs is 1. The second-order valence-electron chi connectivity index (χ2n) is 4.75. The van der Waals surface area contributed by atoms with Gasteiger partial charge in [0.15, 0.2) is 5.11 Å². The van der Waals surface area contributed by atoms with Gasteiger partial charge in [-0.3, -0.25) is 0 Å². The molecule has 0 saturated heterocycles. The van der Waals surface area contributed by atoms with Crippen LogP contribution in [-0.2, 0) is 0 Å². The van der Waals surface area contributed by atoms with Gasteiger partial charge < -0.3 is 14.7 Å². The normalized spacial score (nSPS) is 10.4. The predicted molar refractivity (Wildman–Crippen MR) is 94.2 cm³/mol. The molecule has 1 heterocycles. The number of hydrogen-bond donors (Lipinski definition) is 1. The summed E-state index contributed by atoms with van der Waals surface area (Å²) < 4.78 is 4.95. The minimum absolute atomic E-state index is 0.606. The first kappa shape index (κ1) is 14.3. The molecule has 0 aliphatic heterocycles. The van der Waals surface area contributed by atoms with Crippen molar-refractivity contribution in [3.63, 3.8) is 0 Å². The molecule has 22 heavy (non-hydrogen) atoms. The molecule has 2 aromatic carbocycles. The molecule has 4 nitrogen and oxygen atoms in total. The Kier molecular flexibility index (Phi) is 4.16. The molecular formula is C17H15N3OS. The van der Waals surface area contributed by atoms with Gasteiger partial charge in [-0.25, -0.2) is 0 Å². The van der Waals surface area contributed by atoms with Crippen molar-refractivity contribution in [1.82, 2.24) is 5.16 Å². The molecule has 0 radical (unpaired) electrons. The van der Waals surface area contributed by atoms with E-state index < -0.39 is 0 Å². The first-order chi connectivity index (χ1) is 10.8. The Labute approximate surface area is 134 Å². The van der Waals surface area contributed by atoms with Crippen LogP contribution < -0.4 is 10.2 Å². The molecule has 0 aliphatic carbocycles. The molecule has 1 aromatic heterocycles. The van der Waals surface area contributed by atoms with Gasteiger partial charge in [0.05, 0.1) is 0 Å². The number of benzene rings is 2. The fourth-order valence-corrected chi connectivity index (χ4v) is 2.47. The lowest BCUT2D eigenvalue weighted by Gasteiger charge is -2.24. The van der Waals surface area contributed by atoms with Crippen LogP contribution >= 0.6 is 12.2 Å². The first-order valence-corrected chi connectivity index (χ1v) is 7.27. The van der Waals surface area contributed by atoms with E-state index in [9.17, 15) is 0 Å². The Morgan fingerprint density at radius 3 is 2.86 bits per heavy atom. The van der Waals surface area contributed by atoms with Crippen molar-refractivity contribution in [3.8, 4) is 0 Å². The number of nitrogens with one attached hydrogen (secondary N) is 1. The van der Waals surface area contributed by atoms with Crippen molar-refractivity contribution in [3.05, 3.63) is 67.4 Å². The van der Waals surface area contributed by atoms with Crippen LogP contribution in [0.4, 0.5) is 11.4 Å². The molecular weight excluding hydrogens is 294 g/mol. The molecule has 0 saturated carbocycles. The number of hydrogen-bond acceptors (Lipinski definition) is 3. The smallest absolute Gasteiger partial charge is 0.178 e. The second-order valence-corrected chi connectivity index (χ2v) is 5.14. The lowest BCUT2D eigenvalue weighted by atomic mass is 10.2. The first-order valence-electron chi connectivity index (χ1n) is 6.86. The summed E-state index contributed by atoms with van der Waals surface area (Å²) in [4.78, 5) is 1.98. The maximum atomic E-state index is 5.53. The van der Waals surface area contributed by atoms with Crippen LogP contribution in [-0.4, -0.2) is 16.8 Å². The summed E-state index contributed by atoms with van der Waals surface area (Å²) in [5.74, 6) is 0. The van der Waals surface area contributed by atoms with Gasteiger partial charge in [-0.15, -0.1) is 6.58 Å². The van der Waals surface area contributed by atoms with Crippen LogP contribution in [0, 0.1) is 0 Å². The van der Waals surface area contributed by atoms with Crippen molar-refractivity contribution < 1.29 is 4.52 Å². The highest BCUT2D eigenvalue weighted by molar-refractivity contribution is 7.80. The van der Waals surface area contributed by atoms with Crippen LogP contribution in [0.15, 0.2) is 72.0 Å². The molecule has 0 aliphatic rings. The van der Waals surface area contributed by atoms with Gasteiger partial charge in [-0.05, 0) is 42.5 Å². The molecule has 0 spiro atoms. The fourth-order valence-electron chi connectivity index (χ4n) is 2.17. The average molecular weight is 309 g/mol. The van der Waals surface area contributed by atoms with E-state index >= 15 is 0 Å². The highest BCUT2D eigenvalue weighted by Crippen LogP contribution is 2.20. The molecule has 1 N–H and O–H groups in total. The Bertz CT molecular complexity index is 798. The van der Waals surface area contributed by atoms with E-state index in [0.717, 1.165) is 22.3 Å². The van der Waals surface area contributed by atoms with Crippen molar-refractivity contribution in [2.75, 3.05) is 16.8 Å². The van der Waals surface area contributed by atoms with Crippen molar-refractivity contribution >= 4 is 39.6 Å². The summed E-state index contributed by atoms with van der Waals surface area (Å²) in [7, 11) is 0. The van der Waals surface area contributed by atoms with E-state index in [0.29, 0.717) is 11.7 Å². The van der Waals surface area contributed by atoms with E-state index in [1.165, 1.54) is 0 Å². The molecule has 5 heteroatoms. The highest BCUT2D eigenvalue weighted by Gasteiger charge is 2.11. The zero-order valence-electron chi connectivity index (χ0n) is 11.9. The van der Waals surface area contributed by atoms with Crippen molar-refractivity contribution in [1.29, 1.82) is 0 Å². The minimum atomic E-state index is 0.606. The predicted octanol–water partition coefficient (Wildman–Crippen LogP) is 4.22. The molecule has 3 aromatic rings. The van der Waals surface area contributed by atoms with Crippen molar-refractivity contribution in [2.24, 2.45) is 0 Å². The highest BCUT2D eigenvalue weighted by atomic mass is 32.1. The Hall–Kier alpha value is -2.66. The SMILES string of the molecule is C=CCN(C(=S)Nc1ccc2conc2c1)c1ccccc1. The fraction of sp³-hybridized carbons (Fsp3) is 0.0588. The molecule has 110 valence electrons.